The van der Waals surface area contributed by atoms with Crippen molar-refractivity contribution in [2.45, 2.75) is 13.5 Å². The summed E-state index contributed by atoms with van der Waals surface area (Å²) < 4.78 is 9.90. The summed E-state index contributed by atoms with van der Waals surface area (Å²) in [6, 6.07) is 7.30. The molecule has 0 spiro atoms. The lowest BCUT2D eigenvalue weighted by atomic mass is 10.3. The second-order valence-corrected chi connectivity index (χ2v) is 3.74. The third-order valence-electron chi connectivity index (χ3n) is 2.36. The number of benzene rings is 1. The van der Waals surface area contributed by atoms with Crippen LogP contribution in [0.25, 0.3) is 0 Å². The molecule has 0 saturated carbocycles. The molecule has 0 bridgehead atoms. The van der Waals surface area contributed by atoms with Crippen LogP contribution in [0.5, 0.6) is 0 Å². The van der Waals surface area contributed by atoms with E-state index in [2.05, 4.69) is 15.6 Å². The summed E-state index contributed by atoms with van der Waals surface area (Å²) in [7, 11) is 0. The van der Waals surface area contributed by atoms with Crippen LogP contribution in [0.4, 0.5) is 16.2 Å². The fourth-order valence-electron chi connectivity index (χ4n) is 1.48. The Balaban J connectivity index is 1.85. The summed E-state index contributed by atoms with van der Waals surface area (Å²) in [5, 5.41) is 5.80. The highest BCUT2D eigenvalue weighted by Crippen LogP contribution is 2.14. The van der Waals surface area contributed by atoms with Crippen molar-refractivity contribution in [3.05, 3.63) is 42.6 Å². The molecule has 2 aromatic rings. The van der Waals surface area contributed by atoms with Gasteiger partial charge in [-0.25, -0.2) is 9.78 Å². The van der Waals surface area contributed by atoms with Gasteiger partial charge in [-0.3, -0.25) is 5.32 Å². The van der Waals surface area contributed by atoms with Gasteiger partial charge in [0.2, 0.25) is 0 Å². The topological polar surface area (TPSA) is 76.4 Å². The zero-order valence-electron chi connectivity index (χ0n) is 10.6. The Morgan fingerprint density at radius 1 is 1.32 bits per heavy atom. The van der Waals surface area contributed by atoms with Crippen LogP contribution in [0.15, 0.2) is 41.3 Å². The van der Waals surface area contributed by atoms with Gasteiger partial charge in [0.1, 0.15) is 5.76 Å². The number of nitrogens with zero attached hydrogens (tertiary/aromatic N) is 1. The van der Waals surface area contributed by atoms with E-state index in [0.29, 0.717) is 18.8 Å². The fraction of sp³-hybridized carbons (Fsp3) is 0.231. The Labute approximate surface area is 110 Å². The minimum atomic E-state index is -0.454. The summed E-state index contributed by atoms with van der Waals surface area (Å²) in [6.07, 6.45) is 2.59. The number of oxazole rings is 1. The smallest absolute Gasteiger partial charge is 0.411 e. The summed E-state index contributed by atoms with van der Waals surface area (Å²) >= 11 is 0. The number of amides is 1. The molecule has 1 heterocycles. The lowest BCUT2D eigenvalue weighted by Gasteiger charge is -2.07. The maximum atomic E-state index is 11.2. The first-order valence-electron chi connectivity index (χ1n) is 5.93. The molecule has 0 aliphatic heterocycles. The lowest BCUT2D eigenvalue weighted by Crippen LogP contribution is -2.13. The maximum absolute atomic E-state index is 11.2. The third kappa shape index (κ3) is 4.02. The molecule has 0 atom stereocenters. The van der Waals surface area contributed by atoms with Gasteiger partial charge in [0.15, 0.2) is 6.39 Å². The molecule has 19 heavy (non-hydrogen) atoms. The van der Waals surface area contributed by atoms with Crippen molar-refractivity contribution in [1.82, 2.24) is 4.98 Å². The van der Waals surface area contributed by atoms with E-state index < -0.39 is 6.09 Å². The summed E-state index contributed by atoms with van der Waals surface area (Å²) in [4.78, 5) is 15.0. The molecular weight excluding hydrogens is 246 g/mol. The highest BCUT2D eigenvalue weighted by Gasteiger charge is 2.02. The summed E-state index contributed by atoms with van der Waals surface area (Å²) in [5.74, 6) is 0.758. The molecule has 2 rings (SSSR count). The molecule has 1 aromatic heterocycles. The molecule has 0 radical (unpaired) electrons. The SMILES string of the molecule is CCOC(=O)Nc1ccc(NCc2cnco2)cc1. The van der Waals surface area contributed by atoms with Crippen LogP contribution >= 0.6 is 0 Å². The standard InChI is InChI=1S/C13H15N3O3/c1-2-18-13(17)16-11-5-3-10(4-6-11)15-8-12-7-14-9-19-12/h3-7,9,15H,2,8H2,1H3,(H,16,17). The molecular formula is C13H15N3O3. The predicted molar refractivity (Wildman–Crippen MR) is 70.9 cm³/mol. The van der Waals surface area contributed by atoms with Gasteiger partial charge in [0.25, 0.3) is 0 Å². The highest BCUT2D eigenvalue weighted by molar-refractivity contribution is 5.84. The molecule has 1 aromatic carbocycles. The Morgan fingerprint density at radius 2 is 2.05 bits per heavy atom. The van der Waals surface area contributed by atoms with Gasteiger partial charge in [-0.05, 0) is 31.2 Å². The van der Waals surface area contributed by atoms with Crippen molar-refractivity contribution >= 4 is 17.5 Å². The molecule has 6 nitrogen and oxygen atoms in total. The van der Waals surface area contributed by atoms with Gasteiger partial charge in [0.05, 0.1) is 19.3 Å². The quantitative estimate of drug-likeness (QED) is 0.865. The number of ether oxygens (including phenoxy) is 1. The fourth-order valence-corrected chi connectivity index (χ4v) is 1.48. The number of rotatable bonds is 5. The Bertz CT molecular complexity index is 508. The van der Waals surface area contributed by atoms with Gasteiger partial charge in [-0.15, -0.1) is 0 Å². The van der Waals surface area contributed by atoms with Crippen molar-refractivity contribution in [3.8, 4) is 0 Å². The maximum Gasteiger partial charge on any atom is 0.411 e. The van der Waals surface area contributed by atoms with Crippen LogP contribution in [0, 0.1) is 0 Å². The Morgan fingerprint density at radius 3 is 2.68 bits per heavy atom. The molecule has 0 unspecified atom stereocenters. The zero-order chi connectivity index (χ0) is 13.5. The monoisotopic (exact) mass is 261 g/mol. The first kappa shape index (κ1) is 12.9. The van der Waals surface area contributed by atoms with E-state index in [1.807, 2.05) is 12.1 Å². The molecule has 1 amide bonds. The first-order chi connectivity index (χ1) is 9.28. The van der Waals surface area contributed by atoms with Gasteiger partial charge in [0, 0.05) is 11.4 Å². The van der Waals surface area contributed by atoms with Gasteiger partial charge >= 0.3 is 6.09 Å². The molecule has 0 aliphatic carbocycles. The average Bonchev–Trinajstić information content (AvgIpc) is 2.91. The van der Waals surface area contributed by atoms with Crippen molar-refractivity contribution in [2.75, 3.05) is 17.2 Å². The number of aromatic nitrogens is 1. The molecule has 2 N–H and O–H groups in total. The van der Waals surface area contributed by atoms with Crippen molar-refractivity contribution in [2.24, 2.45) is 0 Å². The Kier molecular flexibility index (Phi) is 4.39. The number of hydrogen-bond donors (Lipinski definition) is 2. The molecule has 0 saturated heterocycles. The number of hydrogen-bond acceptors (Lipinski definition) is 5. The molecule has 6 heteroatoms. The van der Waals surface area contributed by atoms with E-state index in [0.717, 1.165) is 11.4 Å². The second kappa shape index (κ2) is 6.44. The van der Waals surface area contributed by atoms with E-state index in [1.54, 1.807) is 25.3 Å². The van der Waals surface area contributed by atoms with Crippen LogP contribution in [-0.2, 0) is 11.3 Å². The van der Waals surface area contributed by atoms with E-state index in [1.165, 1.54) is 6.39 Å². The number of nitrogens with one attached hydrogen (secondary N) is 2. The average molecular weight is 261 g/mol. The predicted octanol–water partition coefficient (Wildman–Crippen LogP) is 2.86. The van der Waals surface area contributed by atoms with Gasteiger partial charge < -0.3 is 14.5 Å². The van der Waals surface area contributed by atoms with Crippen LogP contribution in [-0.4, -0.2) is 17.7 Å². The minimum Gasteiger partial charge on any atom is -0.450 e. The van der Waals surface area contributed by atoms with E-state index in [4.69, 9.17) is 9.15 Å². The summed E-state index contributed by atoms with van der Waals surface area (Å²) in [5.41, 5.74) is 1.61. The number of anilines is 2. The van der Waals surface area contributed by atoms with Gasteiger partial charge in [-0.1, -0.05) is 0 Å². The lowest BCUT2D eigenvalue weighted by molar-refractivity contribution is 0.168. The van der Waals surface area contributed by atoms with Crippen LogP contribution in [0.1, 0.15) is 12.7 Å². The second-order valence-electron chi connectivity index (χ2n) is 3.74. The Hall–Kier alpha value is -2.50. The summed E-state index contributed by atoms with van der Waals surface area (Å²) in [6.45, 7) is 2.67. The van der Waals surface area contributed by atoms with E-state index in [9.17, 15) is 4.79 Å². The first-order valence-corrected chi connectivity index (χ1v) is 5.93. The molecule has 100 valence electrons. The van der Waals surface area contributed by atoms with Crippen LogP contribution in [0.3, 0.4) is 0 Å². The zero-order valence-corrected chi connectivity index (χ0v) is 10.6. The number of carbonyl (C=O) groups excluding carboxylic acids is 1. The van der Waals surface area contributed by atoms with Crippen LogP contribution in [0.2, 0.25) is 0 Å². The van der Waals surface area contributed by atoms with Crippen LogP contribution < -0.4 is 10.6 Å². The normalized spacial score (nSPS) is 9.95. The number of carbonyl (C=O) groups is 1. The van der Waals surface area contributed by atoms with Gasteiger partial charge in [-0.2, -0.15) is 0 Å². The third-order valence-corrected chi connectivity index (χ3v) is 2.36. The minimum absolute atomic E-state index is 0.350. The van der Waals surface area contributed by atoms with Crippen molar-refractivity contribution < 1.29 is 13.9 Å². The largest absolute Gasteiger partial charge is 0.450 e. The van der Waals surface area contributed by atoms with Crippen molar-refractivity contribution in [1.29, 1.82) is 0 Å². The van der Waals surface area contributed by atoms with E-state index >= 15 is 0 Å². The van der Waals surface area contributed by atoms with E-state index in [-0.39, 0.29) is 0 Å². The molecule has 0 aliphatic rings. The highest BCUT2D eigenvalue weighted by atomic mass is 16.5. The molecule has 0 fully saturated rings. The van der Waals surface area contributed by atoms with Crippen molar-refractivity contribution in [3.63, 3.8) is 0 Å².